The van der Waals surface area contributed by atoms with Gasteiger partial charge in [0.25, 0.3) is 0 Å². The van der Waals surface area contributed by atoms with Crippen LogP contribution in [0.4, 0.5) is 0 Å². The topological polar surface area (TPSA) is 29.9 Å². The minimum Gasteiger partial charge on any atom is -0.332 e. The van der Waals surface area contributed by atoms with E-state index in [1.165, 1.54) is 6.42 Å². The van der Waals surface area contributed by atoms with Crippen molar-refractivity contribution >= 4 is 6.08 Å². The smallest absolute Gasteiger partial charge is 0.132 e. The SMILES string of the molecule is CCCNCCC=Cc1nccn1CCC. The second-order valence-corrected chi connectivity index (χ2v) is 3.92. The lowest BCUT2D eigenvalue weighted by Gasteiger charge is -2.02. The average Bonchev–Trinajstić information content (AvgIpc) is 2.72. The van der Waals surface area contributed by atoms with Gasteiger partial charge < -0.3 is 9.88 Å². The summed E-state index contributed by atoms with van der Waals surface area (Å²) in [6.07, 6.45) is 11.6. The Hall–Kier alpha value is -1.09. The lowest BCUT2D eigenvalue weighted by atomic mass is 10.3. The van der Waals surface area contributed by atoms with E-state index >= 15 is 0 Å². The molecule has 0 saturated carbocycles. The van der Waals surface area contributed by atoms with E-state index < -0.39 is 0 Å². The summed E-state index contributed by atoms with van der Waals surface area (Å²) >= 11 is 0. The molecule has 0 aliphatic rings. The number of aryl methyl sites for hydroxylation is 1. The van der Waals surface area contributed by atoms with Crippen LogP contribution in [0, 0.1) is 0 Å². The summed E-state index contributed by atoms with van der Waals surface area (Å²) in [5.41, 5.74) is 0. The highest BCUT2D eigenvalue weighted by Crippen LogP contribution is 2.02. The molecule has 0 aromatic carbocycles. The first-order valence-electron chi connectivity index (χ1n) is 6.26. The van der Waals surface area contributed by atoms with Gasteiger partial charge in [0.1, 0.15) is 5.82 Å². The zero-order chi connectivity index (χ0) is 11.6. The van der Waals surface area contributed by atoms with Gasteiger partial charge in [0.15, 0.2) is 0 Å². The van der Waals surface area contributed by atoms with E-state index in [1.54, 1.807) is 0 Å². The van der Waals surface area contributed by atoms with Crippen LogP contribution in [0.1, 0.15) is 38.9 Å². The summed E-state index contributed by atoms with van der Waals surface area (Å²) in [6.45, 7) is 7.58. The minimum absolute atomic E-state index is 1.05. The monoisotopic (exact) mass is 221 g/mol. The van der Waals surface area contributed by atoms with Crippen LogP contribution in [0.2, 0.25) is 0 Å². The molecule has 3 nitrogen and oxygen atoms in total. The van der Waals surface area contributed by atoms with E-state index in [4.69, 9.17) is 0 Å². The van der Waals surface area contributed by atoms with Gasteiger partial charge in [-0.2, -0.15) is 0 Å². The maximum absolute atomic E-state index is 4.32. The Morgan fingerprint density at radius 2 is 2.19 bits per heavy atom. The molecule has 0 atom stereocenters. The van der Waals surface area contributed by atoms with Crippen LogP contribution in [0.5, 0.6) is 0 Å². The first kappa shape index (κ1) is 13.0. The van der Waals surface area contributed by atoms with Crippen molar-refractivity contribution in [1.29, 1.82) is 0 Å². The Morgan fingerprint density at radius 1 is 1.31 bits per heavy atom. The highest BCUT2D eigenvalue weighted by Gasteiger charge is 1.95. The van der Waals surface area contributed by atoms with Gasteiger partial charge in [0.05, 0.1) is 0 Å². The predicted molar refractivity (Wildman–Crippen MR) is 69.3 cm³/mol. The Balaban J connectivity index is 2.29. The molecule has 90 valence electrons. The molecule has 0 saturated heterocycles. The van der Waals surface area contributed by atoms with Gasteiger partial charge in [-0.1, -0.05) is 19.9 Å². The number of hydrogen-bond donors (Lipinski definition) is 1. The lowest BCUT2D eigenvalue weighted by molar-refractivity contribution is 0.670. The minimum atomic E-state index is 1.05. The maximum atomic E-state index is 4.32. The van der Waals surface area contributed by atoms with Gasteiger partial charge in [-0.15, -0.1) is 0 Å². The van der Waals surface area contributed by atoms with Crippen molar-refractivity contribution in [2.24, 2.45) is 0 Å². The summed E-state index contributed by atoms with van der Waals surface area (Å²) in [5.74, 6) is 1.07. The summed E-state index contributed by atoms with van der Waals surface area (Å²) in [4.78, 5) is 4.32. The van der Waals surface area contributed by atoms with Crippen molar-refractivity contribution in [3.05, 3.63) is 24.3 Å². The third-order valence-electron chi connectivity index (χ3n) is 2.39. The largest absolute Gasteiger partial charge is 0.332 e. The summed E-state index contributed by atoms with van der Waals surface area (Å²) in [5, 5.41) is 3.38. The van der Waals surface area contributed by atoms with E-state index in [9.17, 15) is 0 Å². The van der Waals surface area contributed by atoms with Gasteiger partial charge in [-0.3, -0.25) is 0 Å². The summed E-state index contributed by atoms with van der Waals surface area (Å²) in [6, 6.07) is 0. The van der Waals surface area contributed by atoms with Crippen LogP contribution in [0.25, 0.3) is 6.08 Å². The zero-order valence-corrected chi connectivity index (χ0v) is 10.4. The molecule has 0 fully saturated rings. The van der Waals surface area contributed by atoms with E-state index in [1.807, 2.05) is 12.4 Å². The van der Waals surface area contributed by atoms with E-state index in [2.05, 4.69) is 40.9 Å². The number of imidazole rings is 1. The van der Waals surface area contributed by atoms with Crippen LogP contribution in [0.3, 0.4) is 0 Å². The van der Waals surface area contributed by atoms with E-state index in [-0.39, 0.29) is 0 Å². The first-order chi connectivity index (χ1) is 7.88. The Bertz CT molecular complexity index is 302. The number of rotatable bonds is 8. The van der Waals surface area contributed by atoms with Crippen LogP contribution < -0.4 is 5.32 Å². The van der Waals surface area contributed by atoms with Crippen molar-refractivity contribution in [3.8, 4) is 0 Å². The van der Waals surface area contributed by atoms with Gasteiger partial charge in [-0.05, 0) is 38.4 Å². The van der Waals surface area contributed by atoms with E-state index in [0.717, 1.165) is 38.3 Å². The molecule has 0 aliphatic carbocycles. The molecule has 1 aromatic rings. The van der Waals surface area contributed by atoms with Crippen molar-refractivity contribution in [2.75, 3.05) is 13.1 Å². The van der Waals surface area contributed by atoms with E-state index in [0.29, 0.717) is 0 Å². The molecule has 0 amide bonds. The van der Waals surface area contributed by atoms with Gasteiger partial charge in [0.2, 0.25) is 0 Å². The maximum Gasteiger partial charge on any atom is 0.132 e. The second kappa shape index (κ2) is 8.11. The van der Waals surface area contributed by atoms with Crippen molar-refractivity contribution in [1.82, 2.24) is 14.9 Å². The molecule has 0 bridgehead atoms. The fraction of sp³-hybridized carbons (Fsp3) is 0.615. The fourth-order valence-corrected chi connectivity index (χ4v) is 1.59. The molecule has 0 spiro atoms. The molecular formula is C13H23N3. The Morgan fingerprint density at radius 3 is 2.94 bits per heavy atom. The standard InChI is InChI=1S/C13H23N3/c1-3-8-14-9-6-5-7-13-15-10-12-16(13)11-4-2/h5,7,10,12,14H,3-4,6,8-9,11H2,1-2H3. The Kier molecular flexibility index (Phi) is 6.58. The molecule has 0 unspecified atom stereocenters. The highest BCUT2D eigenvalue weighted by atomic mass is 15.0. The highest BCUT2D eigenvalue weighted by molar-refractivity contribution is 5.40. The summed E-state index contributed by atoms with van der Waals surface area (Å²) < 4.78 is 2.19. The second-order valence-electron chi connectivity index (χ2n) is 3.92. The molecular weight excluding hydrogens is 198 g/mol. The average molecular weight is 221 g/mol. The first-order valence-corrected chi connectivity index (χ1v) is 6.26. The van der Waals surface area contributed by atoms with Crippen LogP contribution in [0.15, 0.2) is 18.5 Å². The molecule has 3 heteroatoms. The molecule has 0 radical (unpaired) electrons. The Labute approximate surface area is 98.6 Å². The number of aromatic nitrogens is 2. The number of hydrogen-bond acceptors (Lipinski definition) is 2. The molecule has 16 heavy (non-hydrogen) atoms. The fourth-order valence-electron chi connectivity index (χ4n) is 1.59. The van der Waals surface area contributed by atoms with Crippen molar-refractivity contribution in [2.45, 2.75) is 39.7 Å². The van der Waals surface area contributed by atoms with Crippen LogP contribution in [-0.2, 0) is 6.54 Å². The van der Waals surface area contributed by atoms with Gasteiger partial charge >= 0.3 is 0 Å². The van der Waals surface area contributed by atoms with Crippen LogP contribution in [-0.4, -0.2) is 22.6 Å². The van der Waals surface area contributed by atoms with Gasteiger partial charge in [-0.25, -0.2) is 4.98 Å². The van der Waals surface area contributed by atoms with Crippen LogP contribution >= 0.6 is 0 Å². The zero-order valence-electron chi connectivity index (χ0n) is 10.4. The molecule has 0 aliphatic heterocycles. The summed E-state index contributed by atoms with van der Waals surface area (Å²) in [7, 11) is 0. The predicted octanol–water partition coefficient (Wildman–Crippen LogP) is 2.70. The molecule has 1 rings (SSSR count). The van der Waals surface area contributed by atoms with Crippen molar-refractivity contribution < 1.29 is 0 Å². The molecule has 1 aromatic heterocycles. The normalized spacial score (nSPS) is 11.4. The van der Waals surface area contributed by atoms with Crippen molar-refractivity contribution in [3.63, 3.8) is 0 Å². The third-order valence-corrected chi connectivity index (χ3v) is 2.39. The lowest BCUT2D eigenvalue weighted by Crippen LogP contribution is -2.15. The molecule has 1 N–H and O–H groups in total. The quantitative estimate of drug-likeness (QED) is 0.684. The third kappa shape index (κ3) is 4.62. The number of nitrogens with one attached hydrogen (secondary N) is 1. The number of nitrogens with zero attached hydrogens (tertiary/aromatic N) is 2. The molecule has 1 heterocycles. The van der Waals surface area contributed by atoms with Gasteiger partial charge in [0, 0.05) is 18.9 Å².